The van der Waals surface area contributed by atoms with Gasteiger partial charge in [0.1, 0.15) is 24.4 Å². The largest absolute Gasteiger partial charge is 0.443 e. The number of hydrogen-bond acceptors (Lipinski definition) is 8. The molecule has 3 aliphatic rings. The molecule has 0 aromatic heterocycles. The average Bonchev–Trinajstić information content (AvgIpc) is 3.40. The molecular formula is C21H38N2O8S. The number of amides is 1. The van der Waals surface area contributed by atoms with Crippen LogP contribution in [0.2, 0.25) is 0 Å². The monoisotopic (exact) mass is 478 g/mol. The summed E-state index contributed by atoms with van der Waals surface area (Å²) in [5.41, 5.74) is 0. The van der Waals surface area contributed by atoms with Crippen molar-refractivity contribution in [2.75, 3.05) is 19.7 Å². The Labute approximate surface area is 191 Å². The summed E-state index contributed by atoms with van der Waals surface area (Å²) in [5, 5.41) is 0. The van der Waals surface area contributed by atoms with Crippen molar-refractivity contribution in [3.63, 3.8) is 0 Å². The third kappa shape index (κ3) is 6.54. The zero-order valence-corrected chi connectivity index (χ0v) is 20.4. The Bertz CT molecular complexity index is 725. The highest BCUT2D eigenvalue weighted by Gasteiger charge is 2.57. The van der Waals surface area contributed by atoms with Gasteiger partial charge in [0, 0.05) is 19.7 Å². The fourth-order valence-corrected chi connectivity index (χ4v) is 5.49. The molecule has 1 unspecified atom stereocenters. The lowest BCUT2D eigenvalue weighted by Gasteiger charge is -2.27. The Hall–Kier alpha value is -0.980. The van der Waals surface area contributed by atoms with E-state index in [0.29, 0.717) is 19.7 Å². The van der Waals surface area contributed by atoms with Crippen LogP contribution in [0.3, 0.4) is 0 Å². The lowest BCUT2D eigenvalue weighted by molar-refractivity contribution is -0.241. The Balaban J connectivity index is 1.54. The van der Waals surface area contributed by atoms with E-state index in [2.05, 4.69) is 6.92 Å². The summed E-state index contributed by atoms with van der Waals surface area (Å²) in [6.45, 7) is 8.77. The predicted octanol–water partition coefficient (Wildman–Crippen LogP) is 2.67. The van der Waals surface area contributed by atoms with Crippen LogP contribution >= 0.6 is 0 Å². The Morgan fingerprint density at radius 1 is 1.12 bits per heavy atom. The van der Waals surface area contributed by atoms with Crippen molar-refractivity contribution in [2.45, 2.75) is 109 Å². The maximum absolute atomic E-state index is 12.3. The Morgan fingerprint density at radius 3 is 2.47 bits per heavy atom. The molecule has 1 amide bonds. The smallest absolute Gasteiger partial charge is 0.422 e. The van der Waals surface area contributed by atoms with Crippen LogP contribution in [0.1, 0.15) is 72.6 Å². The second-order valence-corrected chi connectivity index (χ2v) is 10.8. The van der Waals surface area contributed by atoms with Crippen LogP contribution < -0.4 is 4.72 Å². The van der Waals surface area contributed by atoms with Crippen molar-refractivity contribution in [2.24, 2.45) is 0 Å². The molecule has 0 saturated carbocycles. The fourth-order valence-electron chi connectivity index (χ4n) is 4.37. The van der Waals surface area contributed by atoms with Gasteiger partial charge in [-0.2, -0.15) is 12.7 Å². The summed E-state index contributed by atoms with van der Waals surface area (Å²) in [7, 11) is -3.91. The molecule has 0 bridgehead atoms. The molecule has 186 valence electrons. The molecule has 0 aromatic rings. The SMILES string of the molecule is CCCCCCCOC1O[C@H]([C@@H](C)OC(=O)NS(=O)(=O)N2CCCC2)[C@@H]2OC(C)(C)O[C@H]12. The van der Waals surface area contributed by atoms with E-state index in [1.807, 2.05) is 18.6 Å². The van der Waals surface area contributed by atoms with E-state index < -0.39 is 52.8 Å². The molecule has 3 rings (SSSR count). The molecule has 32 heavy (non-hydrogen) atoms. The van der Waals surface area contributed by atoms with Crippen molar-refractivity contribution in [1.29, 1.82) is 0 Å². The Kier molecular flexibility index (Phi) is 8.78. The minimum absolute atomic E-state index is 0.394. The number of carbonyl (C=O) groups excluding carboxylic acids is 1. The van der Waals surface area contributed by atoms with Gasteiger partial charge in [-0.05, 0) is 40.0 Å². The summed E-state index contributed by atoms with van der Waals surface area (Å²) in [4.78, 5) is 12.3. The van der Waals surface area contributed by atoms with Gasteiger partial charge in [0.2, 0.25) is 0 Å². The van der Waals surface area contributed by atoms with Crippen LogP contribution in [-0.4, -0.2) is 75.0 Å². The van der Waals surface area contributed by atoms with E-state index in [4.69, 9.17) is 23.7 Å². The second-order valence-electron chi connectivity index (χ2n) is 9.14. The first kappa shape index (κ1) is 25.6. The minimum atomic E-state index is -3.91. The molecule has 3 heterocycles. The first-order chi connectivity index (χ1) is 15.1. The molecule has 3 aliphatic heterocycles. The van der Waals surface area contributed by atoms with Crippen LogP contribution in [0.25, 0.3) is 0 Å². The first-order valence-electron chi connectivity index (χ1n) is 11.7. The van der Waals surface area contributed by atoms with E-state index in [1.165, 1.54) is 23.6 Å². The van der Waals surface area contributed by atoms with Gasteiger partial charge in [-0.25, -0.2) is 9.52 Å². The fraction of sp³-hybridized carbons (Fsp3) is 0.952. The molecule has 3 saturated heterocycles. The van der Waals surface area contributed by atoms with Crippen molar-refractivity contribution < 1.29 is 36.9 Å². The van der Waals surface area contributed by atoms with E-state index in [0.717, 1.165) is 25.7 Å². The van der Waals surface area contributed by atoms with E-state index in [9.17, 15) is 13.2 Å². The van der Waals surface area contributed by atoms with Gasteiger partial charge in [-0.3, -0.25) is 0 Å². The van der Waals surface area contributed by atoms with Gasteiger partial charge in [0.15, 0.2) is 12.1 Å². The standard InChI is InChI=1S/C21H38N2O8S/c1-5-6-7-8-11-14-27-19-18-17(30-21(3,4)31-18)16(29-19)15(2)28-20(24)22-32(25,26)23-12-9-10-13-23/h15-19H,5-14H2,1-4H3,(H,22,24)/t15-,16-,17+,18+,19?/m1/s1. The van der Waals surface area contributed by atoms with E-state index in [-0.39, 0.29) is 0 Å². The predicted molar refractivity (Wildman–Crippen MR) is 116 cm³/mol. The summed E-state index contributed by atoms with van der Waals surface area (Å²) in [6.07, 6.45) is 3.10. The number of nitrogens with one attached hydrogen (secondary N) is 1. The van der Waals surface area contributed by atoms with Crippen molar-refractivity contribution >= 4 is 16.3 Å². The van der Waals surface area contributed by atoms with Crippen LogP contribution in [-0.2, 0) is 33.9 Å². The van der Waals surface area contributed by atoms with Gasteiger partial charge in [0.25, 0.3) is 0 Å². The summed E-state index contributed by atoms with van der Waals surface area (Å²) < 4.78 is 57.1. The quantitative estimate of drug-likeness (QED) is 0.451. The topological polar surface area (TPSA) is 113 Å². The van der Waals surface area contributed by atoms with Crippen LogP contribution in [0, 0.1) is 0 Å². The maximum atomic E-state index is 12.3. The molecule has 11 heteroatoms. The number of ether oxygens (including phenoxy) is 5. The second kappa shape index (κ2) is 11.0. The van der Waals surface area contributed by atoms with Gasteiger partial charge in [-0.1, -0.05) is 32.6 Å². The molecule has 0 spiro atoms. The summed E-state index contributed by atoms with van der Waals surface area (Å²) in [5.74, 6) is -0.818. The van der Waals surface area contributed by atoms with Gasteiger partial charge < -0.3 is 23.7 Å². The van der Waals surface area contributed by atoms with Gasteiger partial charge >= 0.3 is 16.3 Å². The summed E-state index contributed by atoms with van der Waals surface area (Å²) >= 11 is 0. The Morgan fingerprint density at radius 2 is 1.78 bits per heavy atom. The first-order valence-corrected chi connectivity index (χ1v) is 13.2. The number of carbonyl (C=O) groups is 1. The molecule has 0 aromatic carbocycles. The highest BCUT2D eigenvalue weighted by molar-refractivity contribution is 7.87. The third-order valence-corrected chi connectivity index (χ3v) is 7.42. The molecule has 5 atom stereocenters. The molecular weight excluding hydrogens is 440 g/mol. The zero-order valence-electron chi connectivity index (χ0n) is 19.6. The van der Waals surface area contributed by atoms with Crippen molar-refractivity contribution in [1.82, 2.24) is 9.03 Å². The van der Waals surface area contributed by atoms with E-state index >= 15 is 0 Å². The number of nitrogens with zero attached hydrogens (tertiary/aromatic N) is 1. The lowest BCUT2D eigenvalue weighted by atomic mass is 10.1. The highest BCUT2D eigenvalue weighted by Crippen LogP contribution is 2.40. The highest BCUT2D eigenvalue weighted by atomic mass is 32.2. The number of rotatable bonds is 11. The minimum Gasteiger partial charge on any atom is -0.443 e. The molecule has 1 N–H and O–H groups in total. The zero-order chi connectivity index (χ0) is 23.4. The summed E-state index contributed by atoms with van der Waals surface area (Å²) in [6, 6.07) is 0. The molecule has 10 nitrogen and oxygen atoms in total. The lowest BCUT2D eigenvalue weighted by Crippen LogP contribution is -2.45. The number of unbranched alkanes of at least 4 members (excludes halogenated alkanes) is 4. The normalized spacial score (nSPS) is 30.9. The van der Waals surface area contributed by atoms with E-state index in [1.54, 1.807) is 6.92 Å². The van der Waals surface area contributed by atoms with Gasteiger partial charge in [-0.15, -0.1) is 0 Å². The number of hydrogen-bond donors (Lipinski definition) is 1. The van der Waals surface area contributed by atoms with Crippen molar-refractivity contribution in [3.05, 3.63) is 0 Å². The number of fused-ring (bicyclic) bond motifs is 1. The molecule has 0 aliphatic carbocycles. The van der Waals surface area contributed by atoms with Crippen LogP contribution in [0.4, 0.5) is 4.79 Å². The molecule has 0 radical (unpaired) electrons. The third-order valence-electron chi connectivity index (χ3n) is 5.95. The van der Waals surface area contributed by atoms with Gasteiger partial charge in [0.05, 0.1) is 0 Å². The van der Waals surface area contributed by atoms with Crippen LogP contribution in [0.15, 0.2) is 0 Å². The van der Waals surface area contributed by atoms with Crippen molar-refractivity contribution in [3.8, 4) is 0 Å². The maximum Gasteiger partial charge on any atom is 0.422 e. The molecule has 3 fully saturated rings. The van der Waals surface area contributed by atoms with Crippen LogP contribution in [0.5, 0.6) is 0 Å². The average molecular weight is 479 g/mol.